The summed E-state index contributed by atoms with van der Waals surface area (Å²) >= 11 is 0. The first-order valence-electron chi connectivity index (χ1n) is 5.69. The number of nitrogens with two attached hydrogens (primary N) is 1. The number of nitrogens with one attached hydrogen (secondary N) is 1. The lowest BCUT2D eigenvalue weighted by Crippen LogP contribution is -2.59. The summed E-state index contributed by atoms with van der Waals surface area (Å²) in [7, 11) is 1.74. The van der Waals surface area contributed by atoms with Gasteiger partial charge >= 0.3 is 0 Å². The fourth-order valence-corrected chi connectivity index (χ4v) is 1.94. The van der Waals surface area contributed by atoms with Crippen molar-refractivity contribution in [2.24, 2.45) is 5.73 Å². The fraction of sp³-hybridized carbons (Fsp3) is 0.818. The van der Waals surface area contributed by atoms with E-state index in [0.717, 1.165) is 12.8 Å². The molecule has 5 nitrogen and oxygen atoms in total. The molecule has 0 aromatic carbocycles. The number of likely N-dealkylation sites (N-methyl/N-ethyl adjacent to an activating group) is 1. The molecule has 3 N–H and O–H groups in total. The van der Waals surface area contributed by atoms with E-state index < -0.39 is 17.5 Å². The van der Waals surface area contributed by atoms with E-state index in [1.807, 2.05) is 13.8 Å². The van der Waals surface area contributed by atoms with Gasteiger partial charge in [-0.3, -0.25) is 9.59 Å². The molecular formula is C11H21N3O2. The van der Waals surface area contributed by atoms with Crippen LogP contribution in [0.2, 0.25) is 0 Å². The summed E-state index contributed by atoms with van der Waals surface area (Å²) in [6.07, 6.45) is 2.58. The molecule has 0 saturated carbocycles. The van der Waals surface area contributed by atoms with Crippen molar-refractivity contribution in [3.05, 3.63) is 0 Å². The number of nitrogens with zero attached hydrogens (tertiary/aromatic N) is 1. The average molecular weight is 227 g/mol. The van der Waals surface area contributed by atoms with Gasteiger partial charge in [0.05, 0.1) is 5.54 Å². The van der Waals surface area contributed by atoms with Crippen LogP contribution in [0.5, 0.6) is 0 Å². The maximum Gasteiger partial charge on any atom is 0.242 e. The summed E-state index contributed by atoms with van der Waals surface area (Å²) in [5.74, 6) is -0.460. The van der Waals surface area contributed by atoms with Gasteiger partial charge in [0, 0.05) is 6.54 Å². The van der Waals surface area contributed by atoms with E-state index in [4.69, 9.17) is 5.73 Å². The van der Waals surface area contributed by atoms with Gasteiger partial charge in [-0.1, -0.05) is 0 Å². The third kappa shape index (κ3) is 2.52. The highest BCUT2D eigenvalue weighted by molar-refractivity contribution is 5.91. The standard InChI is InChI=1S/C11H21N3O2/c1-11(2,13-3)10(16)14-7-5-4-6-8(14)9(12)15/h8,13H,4-7H2,1-3H3,(H2,12,15). The highest BCUT2D eigenvalue weighted by Crippen LogP contribution is 2.20. The molecule has 1 heterocycles. The molecule has 1 unspecified atom stereocenters. The average Bonchev–Trinajstić information content (AvgIpc) is 2.28. The van der Waals surface area contributed by atoms with Gasteiger partial charge in [0.15, 0.2) is 0 Å². The van der Waals surface area contributed by atoms with Gasteiger partial charge in [0.2, 0.25) is 11.8 Å². The van der Waals surface area contributed by atoms with Crippen molar-refractivity contribution in [2.45, 2.75) is 44.7 Å². The summed E-state index contributed by atoms with van der Waals surface area (Å²) < 4.78 is 0. The molecule has 1 fully saturated rings. The van der Waals surface area contributed by atoms with Crippen molar-refractivity contribution in [3.63, 3.8) is 0 Å². The Labute approximate surface area is 96.4 Å². The summed E-state index contributed by atoms with van der Waals surface area (Å²) in [5, 5.41) is 2.95. The first-order valence-corrected chi connectivity index (χ1v) is 5.69. The highest BCUT2D eigenvalue weighted by Gasteiger charge is 2.37. The minimum absolute atomic E-state index is 0.0569. The zero-order chi connectivity index (χ0) is 12.3. The molecule has 92 valence electrons. The lowest BCUT2D eigenvalue weighted by molar-refractivity contribution is -0.145. The van der Waals surface area contributed by atoms with E-state index in [2.05, 4.69) is 5.32 Å². The third-order valence-electron chi connectivity index (χ3n) is 3.25. The van der Waals surface area contributed by atoms with Gasteiger partial charge in [-0.05, 0) is 40.2 Å². The topological polar surface area (TPSA) is 75.4 Å². The van der Waals surface area contributed by atoms with Crippen LogP contribution in [0.4, 0.5) is 0 Å². The molecular weight excluding hydrogens is 206 g/mol. The lowest BCUT2D eigenvalue weighted by atomic mass is 9.96. The Morgan fingerprint density at radius 1 is 1.38 bits per heavy atom. The molecule has 2 amide bonds. The van der Waals surface area contributed by atoms with Crippen molar-refractivity contribution < 1.29 is 9.59 Å². The number of carbonyl (C=O) groups excluding carboxylic acids is 2. The molecule has 1 atom stereocenters. The maximum atomic E-state index is 12.2. The molecule has 0 aromatic heterocycles. The van der Waals surface area contributed by atoms with Crippen LogP contribution in [0.15, 0.2) is 0 Å². The van der Waals surface area contributed by atoms with E-state index in [1.165, 1.54) is 0 Å². The van der Waals surface area contributed by atoms with Gasteiger partial charge in [-0.2, -0.15) is 0 Å². The van der Waals surface area contributed by atoms with E-state index in [-0.39, 0.29) is 5.91 Å². The fourth-order valence-electron chi connectivity index (χ4n) is 1.94. The normalized spacial score (nSPS) is 21.9. The van der Waals surface area contributed by atoms with Crippen molar-refractivity contribution in [1.82, 2.24) is 10.2 Å². The number of primary amides is 1. The molecule has 16 heavy (non-hydrogen) atoms. The number of carbonyl (C=O) groups is 2. The Kier molecular flexibility index (Phi) is 3.91. The number of likely N-dealkylation sites (tertiary alicyclic amines) is 1. The van der Waals surface area contributed by atoms with Gasteiger partial charge in [-0.25, -0.2) is 0 Å². The summed E-state index contributed by atoms with van der Waals surface area (Å²) in [6.45, 7) is 4.24. The molecule has 1 aliphatic heterocycles. The zero-order valence-corrected chi connectivity index (χ0v) is 10.2. The van der Waals surface area contributed by atoms with Crippen LogP contribution in [0.1, 0.15) is 33.1 Å². The predicted molar refractivity (Wildman–Crippen MR) is 61.7 cm³/mol. The number of hydrogen-bond donors (Lipinski definition) is 2. The van der Waals surface area contributed by atoms with Crippen molar-refractivity contribution in [2.75, 3.05) is 13.6 Å². The SMILES string of the molecule is CNC(C)(C)C(=O)N1CCCCC1C(N)=O. The van der Waals surface area contributed by atoms with E-state index >= 15 is 0 Å². The number of hydrogen-bond acceptors (Lipinski definition) is 3. The molecule has 0 radical (unpaired) electrons. The second-order valence-corrected chi connectivity index (χ2v) is 4.79. The molecule has 1 rings (SSSR count). The maximum absolute atomic E-state index is 12.2. The Morgan fingerprint density at radius 3 is 2.50 bits per heavy atom. The van der Waals surface area contributed by atoms with Gasteiger partial charge in [-0.15, -0.1) is 0 Å². The van der Waals surface area contributed by atoms with Gasteiger partial charge < -0.3 is 16.0 Å². The number of amides is 2. The summed E-state index contributed by atoms with van der Waals surface area (Å²) in [6, 6.07) is -0.436. The molecule has 1 aliphatic rings. The first-order chi connectivity index (χ1) is 7.40. The second-order valence-electron chi connectivity index (χ2n) is 4.79. The Balaban J connectivity index is 2.83. The van der Waals surface area contributed by atoms with Crippen LogP contribution < -0.4 is 11.1 Å². The Bertz CT molecular complexity index is 289. The van der Waals surface area contributed by atoms with Crippen molar-refractivity contribution >= 4 is 11.8 Å². The van der Waals surface area contributed by atoms with E-state index in [0.29, 0.717) is 13.0 Å². The van der Waals surface area contributed by atoms with Crippen LogP contribution in [0, 0.1) is 0 Å². The molecule has 0 bridgehead atoms. The van der Waals surface area contributed by atoms with Crippen LogP contribution in [-0.2, 0) is 9.59 Å². The smallest absolute Gasteiger partial charge is 0.242 e. The molecule has 0 aliphatic carbocycles. The van der Waals surface area contributed by atoms with Crippen LogP contribution in [0.25, 0.3) is 0 Å². The molecule has 0 spiro atoms. The zero-order valence-electron chi connectivity index (χ0n) is 10.2. The molecule has 0 aromatic rings. The van der Waals surface area contributed by atoms with E-state index in [1.54, 1.807) is 11.9 Å². The number of piperidine rings is 1. The quantitative estimate of drug-likeness (QED) is 0.704. The first kappa shape index (κ1) is 13.0. The van der Waals surface area contributed by atoms with Gasteiger partial charge in [0.1, 0.15) is 6.04 Å². The van der Waals surface area contributed by atoms with Crippen molar-refractivity contribution in [3.8, 4) is 0 Å². The molecule has 5 heteroatoms. The minimum Gasteiger partial charge on any atom is -0.368 e. The lowest BCUT2D eigenvalue weighted by Gasteiger charge is -2.38. The Hall–Kier alpha value is -1.10. The highest BCUT2D eigenvalue weighted by atomic mass is 16.2. The van der Waals surface area contributed by atoms with Crippen LogP contribution in [0.3, 0.4) is 0 Å². The predicted octanol–water partition coefficient (Wildman–Crippen LogP) is -0.149. The van der Waals surface area contributed by atoms with Crippen LogP contribution >= 0.6 is 0 Å². The minimum atomic E-state index is -0.648. The van der Waals surface area contributed by atoms with Gasteiger partial charge in [0.25, 0.3) is 0 Å². The van der Waals surface area contributed by atoms with E-state index in [9.17, 15) is 9.59 Å². The molecule has 1 saturated heterocycles. The number of rotatable bonds is 3. The summed E-state index contributed by atoms with van der Waals surface area (Å²) in [4.78, 5) is 25.1. The summed E-state index contributed by atoms with van der Waals surface area (Å²) in [5.41, 5.74) is 4.68. The second kappa shape index (κ2) is 4.82. The Morgan fingerprint density at radius 2 is 2.00 bits per heavy atom. The van der Waals surface area contributed by atoms with Crippen LogP contribution in [-0.4, -0.2) is 41.9 Å². The largest absolute Gasteiger partial charge is 0.368 e. The third-order valence-corrected chi connectivity index (χ3v) is 3.25. The van der Waals surface area contributed by atoms with Crippen molar-refractivity contribution in [1.29, 1.82) is 0 Å². The monoisotopic (exact) mass is 227 g/mol.